The van der Waals surface area contributed by atoms with Crippen LogP contribution in [0, 0.1) is 12.4 Å². The van der Waals surface area contributed by atoms with Crippen LogP contribution in [0.1, 0.15) is 12.8 Å². The summed E-state index contributed by atoms with van der Waals surface area (Å²) in [6.07, 6.45) is 1.77. The Morgan fingerprint density at radius 3 is 2.58 bits per heavy atom. The lowest BCUT2D eigenvalue weighted by molar-refractivity contribution is 0.113. The van der Waals surface area contributed by atoms with Crippen molar-refractivity contribution in [2.24, 2.45) is 0 Å². The highest BCUT2D eigenvalue weighted by Crippen LogP contribution is 2.32. The summed E-state index contributed by atoms with van der Waals surface area (Å²) in [4.78, 5) is 10.4. The third kappa shape index (κ3) is 4.20. The maximum Gasteiger partial charge on any atom is 0.244 e. The summed E-state index contributed by atoms with van der Waals surface area (Å²) in [6, 6.07) is 8.83. The molecule has 31 heavy (non-hydrogen) atoms. The number of aliphatic hydroxyl groups excluding tert-OH is 1. The Morgan fingerprint density at radius 2 is 1.90 bits per heavy atom. The smallest absolute Gasteiger partial charge is 0.244 e. The van der Waals surface area contributed by atoms with Gasteiger partial charge in [0.1, 0.15) is 16.5 Å². The van der Waals surface area contributed by atoms with Crippen molar-refractivity contribution in [2.45, 2.75) is 23.8 Å². The number of benzene rings is 2. The molecular formula is C21H18ClFN4O3S. The number of nitrogens with one attached hydrogen (secondary N) is 1. The molecule has 0 atom stereocenters. The minimum absolute atomic E-state index is 0.0338. The van der Waals surface area contributed by atoms with Gasteiger partial charge in [0.15, 0.2) is 0 Å². The predicted molar refractivity (Wildman–Crippen MR) is 115 cm³/mol. The van der Waals surface area contributed by atoms with Crippen LogP contribution in [0.15, 0.2) is 47.5 Å². The van der Waals surface area contributed by atoms with Gasteiger partial charge in [-0.1, -0.05) is 23.7 Å². The number of aromatic nitrogens is 2. The minimum atomic E-state index is -3.83. The summed E-state index contributed by atoms with van der Waals surface area (Å²) in [5, 5.41) is 9.75. The Bertz CT molecular complexity index is 1280. The van der Waals surface area contributed by atoms with Gasteiger partial charge < -0.3 is 10.1 Å². The Labute approximate surface area is 184 Å². The molecule has 2 N–H and O–H groups in total. The van der Waals surface area contributed by atoms with Crippen LogP contribution in [0.2, 0.25) is 5.02 Å². The normalized spacial score (nSPS) is 15.7. The average Bonchev–Trinajstić information content (AvgIpc) is 3.24. The lowest BCUT2D eigenvalue weighted by atomic mass is 10.1. The van der Waals surface area contributed by atoms with E-state index in [9.17, 15) is 17.9 Å². The molecule has 0 unspecified atom stereocenters. The van der Waals surface area contributed by atoms with Gasteiger partial charge in [-0.15, -0.1) is 0 Å². The van der Waals surface area contributed by atoms with Gasteiger partial charge in [-0.3, -0.25) is 0 Å². The summed E-state index contributed by atoms with van der Waals surface area (Å²) < 4.78 is 41.4. The van der Waals surface area contributed by atoms with Gasteiger partial charge in [-0.2, -0.15) is 4.31 Å². The van der Waals surface area contributed by atoms with Gasteiger partial charge in [0.25, 0.3) is 0 Å². The molecule has 7 nitrogen and oxygen atoms in total. The van der Waals surface area contributed by atoms with Crippen molar-refractivity contribution < 1.29 is 17.9 Å². The zero-order chi connectivity index (χ0) is 22.2. The lowest BCUT2D eigenvalue weighted by Gasteiger charge is -2.29. The van der Waals surface area contributed by atoms with E-state index in [4.69, 9.17) is 18.2 Å². The van der Waals surface area contributed by atoms with Crippen molar-refractivity contribution in [3.05, 3.63) is 64.9 Å². The second-order valence-corrected chi connectivity index (χ2v) is 9.52. The third-order valence-corrected chi connectivity index (χ3v) is 7.58. The molecule has 1 fully saturated rings. The van der Waals surface area contributed by atoms with Crippen LogP contribution < -0.4 is 0 Å². The van der Waals surface area contributed by atoms with E-state index in [1.807, 2.05) is 0 Å². The molecule has 0 amide bonds. The number of piperidine rings is 1. The first-order chi connectivity index (χ1) is 14.8. The number of aliphatic hydroxyl groups is 1. The van der Waals surface area contributed by atoms with Crippen molar-refractivity contribution in [1.29, 1.82) is 0 Å². The number of aromatic amines is 1. The van der Waals surface area contributed by atoms with Gasteiger partial charge in [0, 0.05) is 18.7 Å². The molecule has 2 heterocycles. The van der Waals surface area contributed by atoms with Crippen LogP contribution in [0.5, 0.6) is 0 Å². The first-order valence-corrected chi connectivity index (χ1v) is 11.3. The number of hydrogen-bond acceptors (Lipinski definition) is 4. The van der Waals surface area contributed by atoms with E-state index >= 15 is 0 Å². The second-order valence-electron chi connectivity index (χ2n) is 7.20. The third-order valence-electron chi connectivity index (χ3n) is 5.20. The minimum Gasteiger partial charge on any atom is -0.393 e. The molecule has 1 saturated heterocycles. The lowest BCUT2D eigenvalue weighted by Crippen LogP contribution is -2.40. The molecule has 160 valence electrons. The van der Waals surface area contributed by atoms with Gasteiger partial charge in [0.2, 0.25) is 15.7 Å². The van der Waals surface area contributed by atoms with E-state index in [0.717, 1.165) is 0 Å². The molecule has 3 aromatic rings. The van der Waals surface area contributed by atoms with Gasteiger partial charge in [-0.05, 0) is 42.7 Å². The molecule has 1 aliphatic heterocycles. The van der Waals surface area contributed by atoms with E-state index in [2.05, 4.69) is 14.8 Å². The van der Waals surface area contributed by atoms with E-state index in [-0.39, 0.29) is 28.7 Å². The van der Waals surface area contributed by atoms with Crippen molar-refractivity contribution in [3.8, 4) is 22.6 Å². The number of rotatable bonds is 4. The zero-order valence-corrected chi connectivity index (χ0v) is 17.8. The molecule has 1 aliphatic rings. The molecule has 0 spiro atoms. The van der Waals surface area contributed by atoms with E-state index in [0.29, 0.717) is 35.5 Å². The molecule has 10 heteroatoms. The summed E-state index contributed by atoms with van der Waals surface area (Å²) in [5.74, 6) is -0.234. The summed E-state index contributed by atoms with van der Waals surface area (Å²) >= 11 is 6.21. The van der Waals surface area contributed by atoms with Crippen LogP contribution in [-0.4, -0.2) is 47.0 Å². The van der Waals surface area contributed by atoms with E-state index in [1.54, 1.807) is 12.1 Å². The monoisotopic (exact) mass is 460 g/mol. The van der Waals surface area contributed by atoms with Crippen molar-refractivity contribution in [3.63, 3.8) is 0 Å². The van der Waals surface area contributed by atoms with Crippen LogP contribution >= 0.6 is 11.6 Å². The summed E-state index contributed by atoms with van der Waals surface area (Å²) in [7, 11) is -3.83. The molecule has 1 aromatic heterocycles. The van der Waals surface area contributed by atoms with Crippen LogP contribution in [-0.2, 0) is 10.0 Å². The summed E-state index contributed by atoms with van der Waals surface area (Å²) in [5.41, 5.74) is 1.47. The Kier molecular flexibility index (Phi) is 5.81. The number of imidazole rings is 1. The zero-order valence-electron chi connectivity index (χ0n) is 16.2. The Hall–Kier alpha value is -2.77. The fraction of sp³-hybridized carbons (Fsp3) is 0.238. The topological polar surface area (TPSA) is 90.7 Å². The van der Waals surface area contributed by atoms with E-state index < -0.39 is 21.9 Å². The quantitative estimate of drug-likeness (QED) is 0.570. The van der Waals surface area contributed by atoms with Crippen molar-refractivity contribution >= 4 is 27.3 Å². The number of hydrogen-bond donors (Lipinski definition) is 2. The highest BCUT2D eigenvalue weighted by atomic mass is 35.5. The number of sulfonamides is 1. The molecule has 0 aliphatic carbocycles. The maximum atomic E-state index is 13.9. The van der Waals surface area contributed by atoms with Crippen LogP contribution in [0.4, 0.5) is 10.1 Å². The molecule has 0 saturated carbocycles. The van der Waals surface area contributed by atoms with Gasteiger partial charge in [-0.25, -0.2) is 22.6 Å². The first kappa shape index (κ1) is 21.5. The largest absolute Gasteiger partial charge is 0.393 e. The van der Waals surface area contributed by atoms with Crippen molar-refractivity contribution in [2.75, 3.05) is 13.1 Å². The molecule has 4 rings (SSSR count). The number of nitrogens with zero attached hydrogens (tertiary/aromatic N) is 3. The number of halogens is 2. The standard InChI is InChI=1S/C21H18ClFN4O3S/c1-24-18-5-3-13(10-17(18)23)19-12-25-21(26-19)14-2-4-16(22)20(11-14)31(29,30)27-8-6-15(28)7-9-27/h2-5,10-12,15,28H,6-9H2,(H,25,26). The highest BCUT2D eigenvalue weighted by Gasteiger charge is 2.30. The first-order valence-electron chi connectivity index (χ1n) is 9.50. The maximum absolute atomic E-state index is 13.9. The summed E-state index contributed by atoms with van der Waals surface area (Å²) in [6.45, 7) is 7.38. The van der Waals surface area contributed by atoms with Crippen LogP contribution in [0.25, 0.3) is 27.5 Å². The van der Waals surface area contributed by atoms with Gasteiger partial charge >= 0.3 is 0 Å². The fourth-order valence-corrected chi connectivity index (χ4v) is 5.42. The van der Waals surface area contributed by atoms with Crippen LogP contribution in [0.3, 0.4) is 0 Å². The Morgan fingerprint density at radius 1 is 1.19 bits per heavy atom. The number of H-pyrrole nitrogens is 1. The molecular weight excluding hydrogens is 443 g/mol. The molecule has 0 bridgehead atoms. The average molecular weight is 461 g/mol. The molecule has 2 aromatic carbocycles. The molecule has 0 radical (unpaired) electrons. The van der Waals surface area contributed by atoms with E-state index in [1.165, 1.54) is 34.8 Å². The predicted octanol–water partition coefficient (Wildman–Crippen LogP) is 4.23. The van der Waals surface area contributed by atoms with Crippen molar-refractivity contribution in [1.82, 2.24) is 14.3 Å². The second kappa shape index (κ2) is 8.40. The Balaban J connectivity index is 1.66. The highest BCUT2D eigenvalue weighted by molar-refractivity contribution is 7.89. The SMILES string of the molecule is [C-]#[N+]c1ccc(-c2cnc(-c3ccc(Cl)c(S(=O)(=O)N4CCC(O)CC4)c3)[nH]2)cc1F. The fourth-order valence-electron chi connectivity index (χ4n) is 3.45. The van der Waals surface area contributed by atoms with Gasteiger partial charge in [0.05, 0.1) is 29.6 Å².